The predicted octanol–water partition coefficient (Wildman–Crippen LogP) is 3.18. The van der Waals surface area contributed by atoms with E-state index in [0.29, 0.717) is 5.02 Å². The summed E-state index contributed by atoms with van der Waals surface area (Å²) < 4.78 is 0. The molecule has 2 amide bonds. The molecule has 0 spiro atoms. The fourth-order valence-electron chi connectivity index (χ4n) is 1.15. The van der Waals surface area contributed by atoms with Crippen LogP contribution in [0.2, 0.25) is 5.02 Å². The van der Waals surface area contributed by atoms with Gasteiger partial charge in [0.25, 0.3) is 0 Å². The van der Waals surface area contributed by atoms with Crippen molar-refractivity contribution in [1.29, 1.82) is 0 Å². The van der Waals surface area contributed by atoms with Gasteiger partial charge in [0, 0.05) is 16.8 Å². The van der Waals surface area contributed by atoms with Crippen LogP contribution in [0, 0.1) is 6.92 Å². The Morgan fingerprint density at radius 2 is 2.07 bits per heavy atom. The van der Waals surface area contributed by atoms with Crippen LogP contribution in [0.25, 0.3) is 0 Å². The van der Waals surface area contributed by atoms with Crippen molar-refractivity contribution >= 4 is 23.3 Å². The SMILES string of the molecule is Cc1ccc(Cl)cc1NC(=O)NC(C)C. The van der Waals surface area contributed by atoms with Gasteiger partial charge in [-0.05, 0) is 38.5 Å². The van der Waals surface area contributed by atoms with Crippen molar-refractivity contribution in [1.82, 2.24) is 5.32 Å². The lowest BCUT2D eigenvalue weighted by Gasteiger charge is -2.12. The molecule has 0 fully saturated rings. The lowest BCUT2D eigenvalue weighted by molar-refractivity contribution is 0.250. The standard InChI is InChI=1S/C11H15ClN2O/c1-7(2)13-11(15)14-10-6-9(12)5-4-8(10)3/h4-7H,1-3H3,(H2,13,14,15). The number of hydrogen-bond donors (Lipinski definition) is 2. The van der Waals surface area contributed by atoms with E-state index < -0.39 is 0 Å². The van der Waals surface area contributed by atoms with Gasteiger partial charge in [0.15, 0.2) is 0 Å². The first-order chi connectivity index (χ1) is 6.99. The number of benzene rings is 1. The highest BCUT2D eigenvalue weighted by Gasteiger charge is 2.05. The second-order valence-corrected chi connectivity index (χ2v) is 4.15. The zero-order valence-electron chi connectivity index (χ0n) is 9.10. The molecule has 0 saturated heterocycles. The van der Waals surface area contributed by atoms with E-state index in [1.807, 2.05) is 26.8 Å². The Morgan fingerprint density at radius 1 is 1.40 bits per heavy atom. The zero-order valence-corrected chi connectivity index (χ0v) is 9.85. The summed E-state index contributed by atoms with van der Waals surface area (Å²) in [5.74, 6) is 0. The summed E-state index contributed by atoms with van der Waals surface area (Å²) in [4.78, 5) is 11.4. The fourth-order valence-corrected chi connectivity index (χ4v) is 1.32. The summed E-state index contributed by atoms with van der Waals surface area (Å²) in [6, 6.07) is 5.30. The number of urea groups is 1. The number of aryl methyl sites for hydroxylation is 1. The molecule has 0 saturated carbocycles. The molecule has 2 N–H and O–H groups in total. The maximum atomic E-state index is 11.4. The highest BCUT2D eigenvalue weighted by molar-refractivity contribution is 6.31. The van der Waals surface area contributed by atoms with Gasteiger partial charge in [-0.1, -0.05) is 17.7 Å². The molecule has 0 atom stereocenters. The summed E-state index contributed by atoms with van der Waals surface area (Å²) in [6.45, 7) is 5.73. The Bertz CT molecular complexity index is 364. The molecule has 0 heterocycles. The van der Waals surface area contributed by atoms with Crippen LogP contribution in [-0.2, 0) is 0 Å². The van der Waals surface area contributed by atoms with Crippen molar-refractivity contribution in [2.45, 2.75) is 26.8 Å². The van der Waals surface area contributed by atoms with E-state index in [1.165, 1.54) is 0 Å². The van der Waals surface area contributed by atoms with E-state index in [0.717, 1.165) is 11.3 Å². The van der Waals surface area contributed by atoms with Crippen molar-refractivity contribution in [3.05, 3.63) is 28.8 Å². The summed E-state index contributed by atoms with van der Waals surface area (Å²) in [5, 5.41) is 6.10. The molecule has 0 unspecified atom stereocenters. The van der Waals surface area contributed by atoms with Crippen LogP contribution in [0.1, 0.15) is 19.4 Å². The van der Waals surface area contributed by atoms with Crippen LogP contribution >= 0.6 is 11.6 Å². The third kappa shape index (κ3) is 3.80. The smallest absolute Gasteiger partial charge is 0.319 e. The zero-order chi connectivity index (χ0) is 11.4. The molecule has 3 nitrogen and oxygen atoms in total. The Kier molecular flexibility index (Phi) is 3.97. The minimum Gasteiger partial charge on any atom is -0.336 e. The van der Waals surface area contributed by atoms with Crippen molar-refractivity contribution in [2.24, 2.45) is 0 Å². The molecule has 0 aliphatic heterocycles. The number of amides is 2. The molecular weight excluding hydrogens is 212 g/mol. The summed E-state index contributed by atoms with van der Waals surface area (Å²) in [5.41, 5.74) is 1.72. The second-order valence-electron chi connectivity index (χ2n) is 3.71. The van der Waals surface area contributed by atoms with Crippen LogP contribution in [0.15, 0.2) is 18.2 Å². The molecular formula is C11H15ClN2O. The average molecular weight is 227 g/mol. The molecule has 0 aliphatic rings. The number of halogens is 1. The number of nitrogens with one attached hydrogen (secondary N) is 2. The predicted molar refractivity (Wildman–Crippen MR) is 63.5 cm³/mol. The first-order valence-corrected chi connectivity index (χ1v) is 5.20. The van der Waals surface area contributed by atoms with Gasteiger partial charge in [0.1, 0.15) is 0 Å². The topological polar surface area (TPSA) is 41.1 Å². The Hall–Kier alpha value is -1.22. The minimum atomic E-state index is -0.213. The van der Waals surface area contributed by atoms with Crippen LogP contribution < -0.4 is 10.6 Å². The molecule has 0 radical (unpaired) electrons. The summed E-state index contributed by atoms with van der Waals surface area (Å²) in [6.07, 6.45) is 0. The molecule has 0 aromatic heterocycles. The number of rotatable bonds is 2. The fraction of sp³-hybridized carbons (Fsp3) is 0.364. The van der Waals surface area contributed by atoms with E-state index in [4.69, 9.17) is 11.6 Å². The summed E-state index contributed by atoms with van der Waals surface area (Å²) in [7, 11) is 0. The van der Waals surface area contributed by atoms with E-state index >= 15 is 0 Å². The Morgan fingerprint density at radius 3 is 2.67 bits per heavy atom. The lowest BCUT2D eigenvalue weighted by atomic mass is 10.2. The van der Waals surface area contributed by atoms with Crippen LogP contribution in [0.4, 0.5) is 10.5 Å². The number of anilines is 1. The highest BCUT2D eigenvalue weighted by atomic mass is 35.5. The normalized spacial score (nSPS) is 10.2. The molecule has 1 aromatic rings. The molecule has 15 heavy (non-hydrogen) atoms. The number of carbonyl (C=O) groups is 1. The molecule has 1 aromatic carbocycles. The number of carbonyl (C=O) groups excluding carboxylic acids is 1. The van der Waals surface area contributed by atoms with Crippen LogP contribution in [-0.4, -0.2) is 12.1 Å². The van der Waals surface area contributed by atoms with Gasteiger partial charge in [-0.15, -0.1) is 0 Å². The third-order valence-corrected chi connectivity index (χ3v) is 2.10. The number of hydrogen-bond acceptors (Lipinski definition) is 1. The van der Waals surface area contributed by atoms with E-state index in [9.17, 15) is 4.79 Å². The summed E-state index contributed by atoms with van der Waals surface area (Å²) >= 11 is 5.83. The van der Waals surface area contributed by atoms with E-state index in [2.05, 4.69) is 10.6 Å². The molecule has 82 valence electrons. The molecule has 0 bridgehead atoms. The maximum Gasteiger partial charge on any atom is 0.319 e. The monoisotopic (exact) mass is 226 g/mol. The van der Waals surface area contributed by atoms with Gasteiger partial charge in [0.05, 0.1) is 0 Å². The van der Waals surface area contributed by atoms with Gasteiger partial charge >= 0.3 is 6.03 Å². The Labute approximate surface area is 94.8 Å². The molecule has 0 aliphatic carbocycles. The first-order valence-electron chi connectivity index (χ1n) is 4.82. The van der Waals surface area contributed by atoms with Crippen molar-refractivity contribution in [3.63, 3.8) is 0 Å². The second kappa shape index (κ2) is 5.03. The average Bonchev–Trinajstić information content (AvgIpc) is 2.10. The minimum absolute atomic E-state index is 0.115. The van der Waals surface area contributed by atoms with Crippen molar-refractivity contribution in [3.8, 4) is 0 Å². The van der Waals surface area contributed by atoms with Gasteiger partial charge in [-0.3, -0.25) is 0 Å². The molecule has 1 rings (SSSR count). The van der Waals surface area contributed by atoms with Crippen LogP contribution in [0.5, 0.6) is 0 Å². The third-order valence-electron chi connectivity index (χ3n) is 1.87. The quantitative estimate of drug-likeness (QED) is 0.799. The Balaban J connectivity index is 2.71. The van der Waals surface area contributed by atoms with E-state index in [1.54, 1.807) is 12.1 Å². The van der Waals surface area contributed by atoms with Gasteiger partial charge < -0.3 is 10.6 Å². The van der Waals surface area contributed by atoms with Crippen LogP contribution in [0.3, 0.4) is 0 Å². The van der Waals surface area contributed by atoms with Gasteiger partial charge in [-0.2, -0.15) is 0 Å². The lowest BCUT2D eigenvalue weighted by Crippen LogP contribution is -2.34. The largest absolute Gasteiger partial charge is 0.336 e. The van der Waals surface area contributed by atoms with Crippen molar-refractivity contribution in [2.75, 3.05) is 5.32 Å². The first kappa shape index (κ1) is 11.9. The van der Waals surface area contributed by atoms with Gasteiger partial charge in [-0.25, -0.2) is 4.79 Å². The van der Waals surface area contributed by atoms with Gasteiger partial charge in [0.2, 0.25) is 0 Å². The molecule has 4 heteroatoms. The van der Waals surface area contributed by atoms with Crippen molar-refractivity contribution < 1.29 is 4.79 Å². The highest BCUT2D eigenvalue weighted by Crippen LogP contribution is 2.19. The van der Waals surface area contributed by atoms with E-state index in [-0.39, 0.29) is 12.1 Å². The maximum absolute atomic E-state index is 11.4.